The molecule has 1 aromatic heterocycles. The quantitative estimate of drug-likeness (QED) is 0.391. The Bertz CT molecular complexity index is 176. The summed E-state index contributed by atoms with van der Waals surface area (Å²) in [5, 5.41) is 10.6. The van der Waals surface area contributed by atoms with Crippen molar-refractivity contribution in [3.8, 4) is 0 Å². The second-order valence-corrected chi connectivity index (χ2v) is 3.02. The molecule has 0 aromatic carbocycles. The molecule has 0 atom stereocenters. The first-order valence-electron chi connectivity index (χ1n) is 2.24. The summed E-state index contributed by atoms with van der Waals surface area (Å²) in [7, 11) is 0. The van der Waals surface area contributed by atoms with Gasteiger partial charge in [0.25, 0.3) is 0 Å². The number of nitrogens with zero attached hydrogens (tertiary/aromatic N) is 2. The van der Waals surface area contributed by atoms with E-state index >= 15 is 0 Å². The van der Waals surface area contributed by atoms with E-state index in [0.717, 1.165) is 15.1 Å². The fourth-order valence-electron chi connectivity index (χ4n) is 0.358. The molecule has 8 heavy (non-hydrogen) atoms. The number of hydrogen-bond donors (Lipinski definition) is 0. The summed E-state index contributed by atoms with van der Waals surface area (Å²) in [6.45, 7) is 3.65. The third-order valence-corrected chi connectivity index (χ3v) is 2.68. The van der Waals surface area contributed by atoms with Crippen LogP contribution in [0.3, 0.4) is 0 Å². The summed E-state index contributed by atoms with van der Waals surface area (Å²) < 4.78 is 4.90. The van der Waals surface area contributed by atoms with Crippen LogP contribution in [0.15, 0.2) is 0 Å². The molecule has 0 fully saturated rings. The van der Waals surface area contributed by atoms with E-state index < -0.39 is 0 Å². The molecule has 0 spiro atoms. The van der Waals surface area contributed by atoms with E-state index in [4.69, 9.17) is 0 Å². The molecule has 0 bridgehead atoms. The number of aromatic nitrogens is 2. The van der Waals surface area contributed by atoms with Gasteiger partial charge in [-0.3, -0.25) is 0 Å². The average molecular weight is 177 g/mol. The summed E-state index contributed by atoms with van der Waals surface area (Å²) in [5.41, 5.74) is 1.66. The Kier molecular flexibility index (Phi) is 1.36. The van der Waals surface area contributed by atoms with Crippen LogP contribution in [0.5, 0.6) is 0 Å². The molecule has 0 aliphatic rings. The molecule has 4 heteroatoms. The van der Waals surface area contributed by atoms with Crippen LogP contribution in [-0.4, -0.2) is 18.9 Å². The SMILES string of the molecule is Cc1n[se][n+]([O-])c1C. The maximum absolute atomic E-state index is 10.6. The molecule has 1 heterocycles. The topological polar surface area (TPSA) is 39.8 Å². The van der Waals surface area contributed by atoms with Crippen molar-refractivity contribution < 1.29 is 3.73 Å². The minimum atomic E-state index is -0.200. The molecule has 44 valence electrons. The van der Waals surface area contributed by atoms with Gasteiger partial charge < -0.3 is 0 Å². The molecule has 1 aromatic rings. The number of rotatable bonds is 0. The van der Waals surface area contributed by atoms with Gasteiger partial charge in [-0.25, -0.2) is 0 Å². The number of hydrogen-bond acceptors (Lipinski definition) is 2. The predicted molar refractivity (Wildman–Crippen MR) is 29.6 cm³/mol. The summed E-state index contributed by atoms with van der Waals surface area (Å²) in [5.74, 6) is 0. The molecule has 0 N–H and O–H groups in total. The van der Waals surface area contributed by atoms with Gasteiger partial charge in [0.05, 0.1) is 0 Å². The third kappa shape index (κ3) is 0.767. The van der Waals surface area contributed by atoms with Crippen molar-refractivity contribution in [3.05, 3.63) is 16.6 Å². The van der Waals surface area contributed by atoms with Crippen LogP contribution in [0, 0.1) is 19.1 Å². The molecular formula is C4H6N2OSe. The van der Waals surface area contributed by atoms with Crippen molar-refractivity contribution in [2.45, 2.75) is 13.8 Å². The zero-order valence-corrected chi connectivity index (χ0v) is 6.42. The van der Waals surface area contributed by atoms with Crippen LogP contribution in [0.2, 0.25) is 0 Å². The molecule has 0 aliphatic carbocycles. The summed E-state index contributed by atoms with van der Waals surface area (Å²) in [4.78, 5) is 0. The van der Waals surface area contributed by atoms with Gasteiger partial charge in [-0.15, -0.1) is 0 Å². The second kappa shape index (κ2) is 1.88. The minimum absolute atomic E-state index is 0.200. The van der Waals surface area contributed by atoms with E-state index in [2.05, 4.69) is 3.98 Å². The summed E-state index contributed by atoms with van der Waals surface area (Å²) in [6, 6.07) is 0. The molecule has 3 nitrogen and oxygen atoms in total. The van der Waals surface area contributed by atoms with Crippen molar-refractivity contribution in [1.29, 1.82) is 0 Å². The molecule has 0 saturated heterocycles. The Morgan fingerprint density at radius 3 is 2.38 bits per heavy atom. The van der Waals surface area contributed by atoms with Crippen LogP contribution < -0.4 is 3.73 Å². The first-order chi connectivity index (χ1) is 3.72. The number of aryl methyl sites for hydroxylation is 1. The van der Waals surface area contributed by atoms with Gasteiger partial charge in [-0.05, 0) is 0 Å². The molecule has 0 amide bonds. The molecular weight excluding hydrogens is 171 g/mol. The first kappa shape index (κ1) is 5.79. The van der Waals surface area contributed by atoms with Crippen LogP contribution in [0.4, 0.5) is 0 Å². The Morgan fingerprint density at radius 1 is 1.62 bits per heavy atom. The second-order valence-electron chi connectivity index (χ2n) is 1.60. The Labute approximate surface area is 53.8 Å². The van der Waals surface area contributed by atoms with Crippen LogP contribution in [0.1, 0.15) is 11.4 Å². The molecule has 0 saturated carbocycles. The molecule has 0 unspecified atom stereocenters. The zero-order valence-electron chi connectivity index (χ0n) is 4.71. The molecule has 0 aliphatic heterocycles. The average Bonchev–Trinajstić information content (AvgIpc) is 1.98. The van der Waals surface area contributed by atoms with E-state index in [9.17, 15) is 5.21 Å². The fraction of sp³-hybridized carbons (Fsp3) is 0.500. The van der Waals surface area contributed by atoms with Gasteiger partial charge in [0.1, 0.15) is 0 Å². The normalized spacial score (nSPS) is 9.75. The van der Waals surface area contributed by atoms with E-state index in [1.807, 2.05) is 6.92 Å². The fourth-order valence-corrected chi connectivity index (χ4v) is 1.58. The van der Waals surface area contributed by atoms with E-state index in [-0.39, 0.29) is 15.0 Å². The zero-order chi connectivity index (χ0) is 6.15. The van der Waals surface area contributed by atoms with E-state index in [1.54, 1.807) is 6.92 Å². The summed E-state index contributed by atoms with van der Waals surface area (Å²) in [6.07, 6.45) is 0. The van der Waals surface area contributed by atoms with Gasteiger partial charge in [-0.2, -0.15) is 0 Å². The van der Waals surface area contributed by atoms with Crippen LogP contribution in [-0.2, 0) is 0 Å². The Hall–Kier alpha value is -0.341. The van der Waals surface area contributed by atoms with Crippen molar-refractivity contribution in [2.75, 3.05) is 0 Å². The molecule has 0 radical (unpaired) electrons. The standard InChI is InChI=1S/C4H6N2OSe/c1-3-4(2)6(7)8-5-3/h1-2H3. The monoisotopic (exact) mass is 178 g/mol. The van der Waals surface area contributed by atoms with Gasteiger partial charge in [-0.1, -0.05) is 0 Å². The maximum atomic E-state index is 10.6. The third-order valence-electron chi connectivity index (χ3n) is 1.05. The summed E-state index contributed by atoms with van der Waals surface area (Å²) >= 11 is -0.200. The van der Waals surface area contributed by atoms with Gasteiger partial charge in [0.15, 0.2) is 0 Å². The predicted octanol–water partition coefficient (Wildman–Crippen LogP) is -0.611. The molecule has 1 rings (SSSR count). The van der Waals surface area contributed by atoms with Crippen molar-refractivity contribution >= 4 is 15.0 Å². The van der Waals surface area contributed by atoms with Crippen molar-refractivity contribution in [3.63, 3.8) is 0 Å². The first-order valence-corrected chi connectivity index (χ1v) is 3.78. The van der Waals surface area contributed by atoms with Gasteiger partial charge in [0.2, 0.25) is 0 Å². The van der Waals surface area contributed by atoms with Crippen LogP contribution >= 0.6 is 0 Å². The van der Waals surface area contributed by atoms with Gasteiger partial charge >= 0.3 is 53.1 Å². The van der Waals surface area contributed by atoms with Crippen molar-refractivity contribution in [1.82, 2.24) is 3.98 Å². The van der Waals surface area contributed by atoms with E-state index in [0.29, 0.717) is 0 Å². The van der Waals surface area contributed by atoms with Crippen LogP contribution in [0.25, 0.3) is 0 Å². The Balaban J connectivity index is 3.19. The van der Waals surface area contributed by atoms with E-state index in [1.165, 1.54) is 0 Å². The Morgan fingerprint density at radius 2 is 2.25 bits per heavy atom. The van der Waals surface area contributed by atoms with Gasteiger partial charge in [0, 0.05) is 0 Å². The van der Waals surface area contributed by atoms with Crippen molar-refractivity contribution in [2.24, 2.45) is 0 Å².